The predicted octanol–water partition coefficient (Wildman–Crippen LogP) is -5.45. The molecule has 0 amide bonds. The van der Waals surface area contributed by atoms with Crippen molar-refractivity contribution in [2.75, 3.05) is 52.4 Å². The summed E-state index contributed by atoms with van der Waals surface area (Å²) in [6, 6.07) is 23.2. The average molecular weight is 1290 g/mol. The molecule has 92 heavy (non-hydrogen) atoms. The molecule has 4 aliphatic heterocycles. The number of phenols is 4. The number of carbonyl (C=O) groups is 10. The SMILES string of the molecule is O=C([O-])CN(CC(=O)O)Cc1cc2c(cc1O)Oc1cc(O)c(CN(CC(=O)O)CC(=O)O)cc1C21OC(=O)c2ccccc21.O=C([O-])CN(CC(=O)O)Cc1cc2c(cc1O)Oc1cc(O)c(CN(CC(=O)O)CC(=O)O)cc1C21OC(=O)c2ccccc21.[Na+].[Na+]. The molecule has 10 rings (SSSR count). The second-order valence-corrected chi connectivity index (χ2v) is 21.0. The van der Waals surface area contributed by atoms with Gasteiger partial charge >= 0.3 is 107 Å². The Morgan fingerprint density at radius 2 is 0.587 bits per heavy atom. The number of aromatic hydroxyl groups is 4. The summed E-state index contributed by atoms with van der Waals surface area (Å²) >= 11 is 0. The van der Waals surface area contributed by atoms with Crippen LogP contribution in [-0.2, 0) is 85.2 Å². The minimum absolute atomic E-state index is 0. The van der Waals surface area contributed by atoms with Gasteiger partial charge < -0.3 is 89.8 Å². The number of benzene rings is 6. The monoisotopic (exact) mass is 1290 g/mol. The Balaban J connectivity index is 0.000000255. The van der Waals surface area contributed by atoms with Crippen molar-refractivity contribution in [2.45, 2.75) is 37.4 Å². The van der Waals surface area contributed by atoms with Crippen LogP contribution in [0, 0.1) is 0 Å². The van der Waals surface area contributed by atoms with Gasteiger partial charge in [-0.25, -0.2) is 9.59 Å². The largest absolute Gasteiger partial charge is 1.00 e. The van der Waals surface area contributed by atoms with Gasteiger partial charge in [0.15, 0.2) is 11.2 Å². The number of aliphatic carboxylic acids is 8. The number of esters is 2. The summed E-state index contributed by atoms with van der Waals surface area (Å²) in [5.74, 6) is -13.9. The number of carboxylic acid groups (broad SMARTS) is 8. The molecule has 2 unspecified atom stereocenters. The molecule has 0 radical (unpaired) electrons. The van der Waals surface area contributed by atoms with Gasteiger partial charge in [-0.1, -0.05) is 36.4 Å². The van der Waals surface area contributed by atoms with Crippen LogP contribution in [0.15, 0.2) is 97.1 Å². The fraction of sp³-hybridized carbons (Fsp3) is 0.233. The smallest absolute Gasteiger partial charge is 0.549 e. The quantitative estimate of drug-likeness (QED) is 0.0200. The Kier molecular flexibility index (Phi) is 21.7. The van der Waals surface area contributed by atoms with E-state index < -0.39 is 135 Å². The molecule has 2 spiro atoms. The molecule has 0 fully saturated rings. The van der Waals surface area contributed by atoms with Crippen LogP contribution in [0.4, 0.5) is 0 Å². The fourth-order valence-electron chi connectivity index (χ4n) is 11.3. The average Bonchev–Trinajstić information content (AvgIpc) is 1.42. The van der Waals surface area contributed by atoms with Gasteiger partial charge in [0.05, 0.1) is 62.3 Å². The molecule has 0 bridgehead atoms. The van der Waals surface area contributed by atoms with Crippen molar-refractivity contribution >= 4 is 59.7 Å². The summed E-state index contributed by atoms with van der Waals surface area (Å²) < 4.78 is 24.2. The van der Waals surface area contributed by atoms with Crippen LogP contribution in [-0.4, -0.2) is 183 Å². The van der Waals surface area contributed by atoms with E-state index in [0.717, 1.165) is 19.6 Å². The van der Waals surface area contributed by atoms with Gasteiger partial charge in [-0.05, 0) is 36.4 Å². The number of nitrogens with zero attached hydrogens (tertiary/aromatic N) is 4. The maximum absolute atomic E-state index is 13.3. The molecule has 468 valence electrons. The van der Waals surface area contributed by atoms with Gasteiger partial charge in [0, 0.05) is 119 Å². The van der Waals surface area contributed by atoms with Crippen molar-refractivity contribution in [1.29, 1.82) is 0 Å². The molecule has 4 heterocycles. The van der Waals surface area contributed by atoms with E-state index in [4.69, 9.17) is 18.9 Å². The zero-order valence-electron chi connectivity index (χ0n) is 48.5. The van der Waals surface area contributed by atoms with Crippen LogP contribution in [0.25, 0.3) is 0 Å². The van der Waals surface area contributed by atoms with Crippen LogP contribution in [0.1, 0.15) is 76.4 Å². The van der Waals surface area contributed by atoms with E-state index >= 15 is 0 Å². The van der Waals surface area contributed by atoms with Gasteiger partial charge in [-0.2, -0.15) is 0 Å². The summed E-state index contributed by atoms with van der Waals surface area (Å²) in [5, 5.41) is 122. The molecular formula is C60H50N4Na2O26. The van der Waals surface area contributed by atoms with Crippen molar-refractivity contribution in [2.24, 2.45) is 0 Å². The zero-order valence-corrected chi connectivity index (χ0v) is 52.5. The van der Waals surface area contributed by atoms with Crippen LogP contribution < -0.4 is 78.8 Å². The molecule has 0 saturated heterocycles. The summed E-state index contributed by atoms with van der Waals surface area (Å²) in [7, 11) is 0. The molecule has 4 aliphatic rings. The topological polar surface area (TPSA) is 469 Å². The third-order valence-corrected chi connectivity index (χ3v) is 14.7. The fourth-order valence-corrected chi connectivity index (χ4v) is 11.3. The Hall–Kier alpha value is -9.34. The van der Waals surface area contributed by atoms with E-state index in [1.165, 1.54) is 60.7 Å². The molecular weight excluding hydrogens is 1240 g/mol. The summed E-state index contributed by atoms with van der Waals surface area (Å²) in [4.78, 5) is 122. The zero-order chi connectivity index (χ0) is 65.3. The standard InChI is InChI=1S/2C30H26N2O13.2Na/c2*33-21-7-23-19(5-15(21)9-31(11-25(35)36)12-26(37)38)30(18-4-2-1-3-17(18)29(43)45-30)20-6-16(22(34)8-24(20)44-23)10-32(13-27(39)40)14-28(41)42;;/h2*1-8,33-34H,9-14H2,(H,35,36)(H,37,38)(H,39,40)(H,41,42);;/q;;2*+1/p-2. The number of phenolic OH excluding ortho intramolecular Hbond substituents is 4. The molecule has 0 aromatic heterocycles. The summed E-state index contributed by atoms with van der Waals surface area (Å²) in [6.07, 6.45) is 0. The molecule has 6 aromatic carbocycles. The van der Waals surface area contributed by atoms with Gasteiger partial charge in [0.25, 0.3) is 0 Å². The first kappa shape index (κ1) is 70.1. The van der Waals surface area contributed by atoms with E-state index in [2.05, 4.69) is 0 Å². The Bertz CT molecular complexity index is 3520. The summed E-state index contributed by atoms with van der Waals surface area (Å²) in [5.41, 5.74) is -1.45. The maximum Gasteiger partial charge on any atom is 1.00 e. The van der Waals surface area contributed by atoms with Crippen LogP contribution in [0.3, 0.4) is 0 Å². The normalized spacial score (nSPS) is 15.7. The van der Waals surface area contributed by atoms with Gasteiger partial charge in [-0.3, -0.25) is 48.4 Å². The second kappa shape index (κ2) is 28.4. The van der Waals surface area contributed by atoms with E-state index in [1.807, 2.05) is 0 Å². The third kappa shape index (κ3) is 14.7. The number of ether oxygens (including phenoxy) is 4. The molecule has 6 aromatic rings. The first-order chi connectivity index (χ1) is 42.6. The predicted molar refractivity (Wildman–Crippen MR) is 293 cm³/mol. The van der Waals surface area contributed by atoms with Crippen LogP contribution >= 0.6 is 0 Å². The number of carbonyl (C=O) groups excluding carboxylic acids is 4. The molecule has 0 saturated carbocycles. The van der Waals surface area contributed by atoms with Crippen molar-refractivity contribution < 1.29 is 187 Å². The molecule has 2 atom stereocenters. The van der Waals surface area contributed by atoms with Crippen molar-refractivity contribution in [3.05, 3.63) is 164 Å². The van der Waals surface area contributed by atoms with Crippen molar-refractivity contribution in [3.63, 3.8) is 0 Å². The van der Waals surface area contributed by atoms with E-state index in [-0.39, 0.29) is 175 Å². The Morgan fingerprint density at radius 3 is 0.815 bits per heavy atom. The van der Waals surface area contributed by atoms with E-state index in [0.29, 0.717) is 11.1 Å². The second-order valence-electron chi connectivity index (χ2n) is 21.0. The number of hydrogen-bond donors (Lipinski definition) is 10. The number of rotatable bonds is 24. The number of carboxylic acids is 8. The minimum Gasteiger partial charge on any atom is -0.549 e. The first-order valence-corrected chi connectivity index (χ1v) is 26.6. The van der Waals surface area contributed by atoms with Crippen LogP contribution in [0.5, 0.6) is 46.0 Å². The molecule has 32 heteroatoms. The van der Waals surface area contributed by atoms with Gasteiger partial charge in [-0.15, -0.1) is 0 Å². The van der Waals surface area contributed by atoms with E-state index in [9.17, 15) is 109 Å². The summed E-state index contributed by atoms with van der Waals surface area (Å²) in [6.45, 7) is -6.95. The van der Waals surface area contributed by atoms with Gasteiger partial charge in [0.1, 0.15) is 46.0 Å². The van der Waals surface area contributed by atoms with Gasteiger partial charge in [0.2, 0.25) is 0 Å². The molecule has 30 nitrogen and oxygen atoms in total. The van der Waals surface area contributed by atoms with Crippen molar-refractivity contribution in [1.82, 2.24) is 19.6 Å². The number of fused-ring (bicyclic) bond motifs is 12. The molecule has 0 aliphatic carbocycles. The van der Waals surface area contributed by atoms with Crippen LogP contribution in [0.2, 0.25) is 0 Å². The number of hydrogen-bond acceptors (Lipinski definition) is 24. The third-order valence-electron chi connectivity index (χ3n) is 14.7. The van der Waals surface area contributed by atoms with Crippen molar-refractivity contribution in [3.8, 4) is 46.0 Å². The van der Waals surface area contributed by atoms with E-state index in [1.54, 1.807) is 36.4 Å². The Labute approximate surface area is 562 Å². The minimum atomic E-state index is -1.77. The molecule has 10 N–H and O–H groups in total. The Morgan fingerprint density at radius 1 is 0.359 bits per heavy atom. The maximum atomic E-state index is 13.3. The first-order valence-electron chi connectivity index (χ1n) is 26.6.